The van der Waals surface area contributed by atoms with Crippen LogP contribution in [0.25, 0.3) is 0 Å². The van der Waals surface area contributed by atoms with Gasteiger partial charge in [-0.3, -0.25) is 0 Å². The van der Waals surface area contributed by atoms with Gasteiger partial charge in [-0.15, -0.1) is 0 Å². The Morgan fingerprint density at radius 2 is 1.76 bits per heavy atom. The van der Waals surface area contributed by atoms with Crippen molar-refractivity contribution in [3.63, 3.8) is 0 Å². The minimum Gasteiger partial charge on any atom is -1.00 e. The number of fused-ring (bicyclic) bond motifs is 1. The summed E-state index contributed by atoms with van der Waals surface area (Å²) in [6.45, 7) is 2.10. The second-order valence-corrected chi connectivity index (χ2v) is 7.75. The van der Waals surface area contributed by atoms with Gasteiger partial charge in [0, 0.05) is 33.7 Å². The van der Waals surface area contributed by atoms with E-state index in [2.05, 4.69) is 27.3 Å². The Morgan fingerprint density at radius 1 is 0.931 bits per heavy atom. The van der Waals surface area contributed by atoms with Crippen LogP contribution in [0.4, 0.5) is 0 Å². The zero-order valence-corrected chi connectivity index (χ0v) is 18.6. The monoisotopic (exact) mass is 494 g/mol. The second-order valence-electron chi connectivity index (χ2n) is 6.42. The van der Waals surface area contributed by atoms with Crippen molar-refractivity contribution in [1.29, 1.82) is 0 Å². The van der Waals surface area contributed by atoms with E-state index in [9.17, 15) is 0 Å². The van der Waals surface area contributed by atoms with Crippen molar-refractivity contribution in [2.75, 3.05) is 6.79 Å². The van der Waals surface area contributed by atoms with E-state index < -0.39 is 0 Å². The maximum absolute atomic E-state index is 6.23. The third-order valence-electron chi connectivity index (χ3n) is 4.45. The van der Waals surface area contributed by atoms with Gasteiger partial charge in [0.2, 0.25) is 6.79 Å². The minimum atomic E-state index is 0. The molecule has 1 heterocycles. The van der Waals surface area contributed by atoms with Gasteiger partial charge in [0.15, 0.2) is 11.5 Å². The summed E-state index contributed by atoms with van der Waals surface area (Å²) in [5.74, 6) is 2.43. The highest BCUT2D eigenvalue weighted by Crippen LogP contribution is 2.32. The summed E-state index contributed by atoms with van der Waals surface area (Å²) >= 11 is 9.77. The van der Waals surface area contributed by atoms with E-state index in [1.807, 2.05) is 54.6 Å². The minimum absolute atomic E-state index is 0. The average Bonchev–Trinajstić information content (AvgIpc) is 3.16. The summed E-state index contributed by atoms with van der Waals surface area (Å²) in [5.41, 5.74) is 3.17. The highest BCUT2D eigenvalue weighted by atomic mass is 79.9. The van der Waals surface area contributed by atoms with Gasteiger partial charge in [-0.05, 0) is 42.0 Å². The molecule has 0 amide bonds. The number of nitrogens with one attached hydrogen (secondary N) is 1. The molecule has 1 aliphatic rings. The molecule has 1 N–H and O–H groups in total. The van der Waals surface area contributed by atoms with E-state index in [0.29, 0.717) is 24.7 Å². The van der Waals surface area contributed by atoms with E-state index in [0.717, 1.165) is 38.4 Å². The first-order valence-corrected chi connectivity index (χ1v) is 10.1. The lowest BCUT2D eigenvalue weighted by Crippen LogP contribution is -3.00. The van der Waals surface area contributed by atoms with E-state index in [4.69, 9.17) is 25.8 Å². The molecule has 4 rings (SSSR count). The number of ether oxygens (including phenoxy) is 3. The Morgan fingerprint density at radius 3 is 2.62 bits per heavy atom. The van der Waals surface area contributed by atoms with Gasteiger partial charge in [0.05, 0.1) is 0 Å². The van der Waals surface area contributed by atoms with Crippen molar-refractivity contribution < 1.29 is 26.6 Å². The third-order valence-corrected chi connectivity index (χ3v) is 5.31. The first-order chi connectivity index (χ1) is 13.7. The van der Waals surface area contributed by atoms with Crippen LogP contribution in [0, 0.1) is 0 Å². The first kappa shape index (κ1) is 21.8. The van der Waals surface area contributed by atoms with Crippen LogP contribution in [0.1, 0.15) is 16.7 Å². The van der Waals surface area contributed by atoms with E-state index in [1.165, 1.54) is 0 Å². The maximum Gasteiger partial charge on any atom is 0.231 e. The van der Waals surface area contributed by atoms with Gasteiger partial charge in [0.25, 0.3) is 0 Å². The smallest absolute Gasteiger partial charge is 0.231 e. The molecule has 0 aliphatic carbocycles. The maximum atomic E-state index is 6.23. The normalized spacial score (nSPS) is 11.8. The van der Waals surface area contributed by atoms with Crippen molar-refractivity contribution in [2.24, 2.45) is 0 Å². The van der Waals surface area contributed by atoms with Crippen molar-refractivity contribution in [3.05, 3.63) is 86.8 Å². The van der Waals surface area contributed by atoms with Crippen molar-refractivity contribution >= 4 is 27.5 Å². The predicted octanol–water partition coefficient (Wildman–Crippen LogP) is 2.70. The largest absolute Gasteiger partial charge is 1.00 e. The number of rotatable bonds is 7. The van der Waals surface area contributed by atoms with Crippen LogP contribution >= 0.6 is 27.5 Å². The Balaban J connectivity index is 0.00000240. The summed E-state index contributed by atoms with van der Waals surface area (Å²) < 4.78 is 17.8. The van der Waals surface area contributed by atoms with Crippen LogP contribution in [0.3, 0.4) is 0 Å². The van der Waals surface area contributed by atoms with Crippen molar-refractivity contribution in [3.8, 4) is 17.2 Å². The van der Waals surface area contributed by atoms with Crippen LogP contribution in [-0.2, 0) is 19.7 Å². The summed E-state index contributed by atoms with van der Waals surface area (Å²) in [5, 5.41) is 4.17. The van der Waals surface area contributed by atoms with Gasteiger partial charge in [-0.1, -0.05) is 51.8 Å². The molecule has 29 heavy (non-hydrogen) atoms. The molecule has 3 aromatic carbocycles. The zero-order chi connectivity index (χ0) is 19.3. The summed E-state index contributed by atoms with van der Waals surface area (Å²) in [6.07, 6.45) is 0. The topological polar surface area (TPSA) is 39.7 Å². The number of benzene rings is 3. The standard InChI is InChI=1S/C22H19BrClNO3.ClH/c23-18-6-8-20(26-13-16-3-1-2-4-19(16)24)17(10-18)12-25-11-15-5-7-21-22(9-15)28-14-27-21;/h1-10,25H,11-14H2;1H/p-1. The van der Waals surface area contributed by atoms with Gasteiger partial charge in [-0.25, -0.2) is 0 Å². The summed E-state index contributed by atoms with van der Waals surface area (Å²) in [4.78, 5) is 0. The molecular formula is C22H19BrCl2NO3-. The highest BCUT2D eigenvalue weighted by Gasteiger charge is 2.13. The molecule has 3 aromatic rings. The lowest BCUT2D eigenvalue weighted by Gasteiger charge is -2.14. The Hall–Kier alpha value is -1.92. The third kappa shape index (κ3) is 5.58. The second kappa shape index (κ2) is 10.2. The quantitative estimate of drug-likeness (QED) is 0.547. The predicted molar refractivity (Wildman–Crippen MR) is 113 cm³/mol. The molecule has 152 valence electrons. The summed E-state index contributed by atoms with van der Waals surface area (Å²) in [6, 6.07) is 19.7. The molecule has 0 atom stereocenters. The van der Waals surface area contributed by atoms with Crippen molar-refractivity contribution in [1.82, 2.24) is 5.32 Å². The first-order valence-electron chi connectivity index (χ1n) is 8.93. The van der Waals surface area contributed by atoms with Gasteiger partial charge < -0.3 is 31.9 Å². The zero-order valence-electron chi connectivity index (χ0n) is 15.5. The lowest BCUT2D eigenvalue weighted by molar-refractivity contribution is -0.00000727. The molecule has 0 saturated heterocycles. The van der Waals surface area contributed by atoms with E-state index in [-0.39, 0.29) is 19.2 Å². The Labute approximate surface area is 189 Å². The highest BCUT2D eigenvalue weighted by molar-refractivity contribution is 9.10. The molecule has 0 spiro atoms. The fourth-order valence-electron chi connectivity index (χ4n) is 2.99. The molecule has 0 saturated carbocycles. The van der Waals surface area contributed by atoms with Crippen LogP contribution < -0.4 is 31.9 Å². The van der Waals surface area contributed by atoms with Crippen LogP contribution in [0.5, 0.6) is 17.2 Å². The number of halogens is 3. The molecular weight excluding hydrogens is 477 g/mol. The van der Waals surface area contributed by atoms with E-state index >= 15 is 0 Å². The fourth-order valence-corrected chi connectivity index (χ4v) is 3.59. The van der Waals surface area contributed by atoms with Crippen LogP contribution in [-0.4, -0.2) is 6.79 Å². The summed E-state index contributed by atoms with van der Waals surface area (Å²) in [7, 11) is 0. The van der Waals surface area contributed by atoms with Crippen LogP contribution in [0.2, 0.25) is 5.02 Å². The molecule has 0 aromatic heterocycles. The van der Waals surface area contributed by atoms with E-state index in [1.54, 1.807) is 0 Å². The number of hydrogen-bond acceptors (Lipinski definition) is 4. The van der Waals surface area contributed by atoms with Gasteiger partial charge >= 0.3 is 0 Å². The molecule has 4 nitrogen and oxygen atoms in total. The molecule has 0 unspecified atom stereocenters. The molecule has 0 fully saturated rings. The molecule has 0 bridgehead atoms. The lowest BCUT2D eigenvalue weighted by atomic mass is 10.1. The molecule has 7 heteroatoms. The van der Waals surface area contributed by atoms with Crippen LogP contribution in [0.15, 0.2) is 65.1 Å². The Bertz CT molecular complexity index is 984. The van der Waals surface area contributed by atoms with Gasteiger partial charge in [-0.2, -0.15) is 0 Å². The average molecular weight is 496 g/mol. The fraction of sp³-hybridized carbons (Fsp3) is 0.182. The molecule has 0 radical (unpaired) electrons. The van der Waals surface area contributed by atoms with Crippen molar-refractivity contribution in [2.45, 2.75) is 19.7 Å². The number of hydrogen-bond donors (Lipinski definition) is 1. The van der Waals surface area contributed by atoms with Gasteiger partial charge in [0.1, 0.15) is 12.4 Å². The Kier molecular flexibility index (Phi) is 7.67. The SMILES string of the molecule is Clc1ccccc1COc1ccc(Br)cc1CNCc1ccc2c(c1)OCO2.[Cl-]. The molecule has 1 aliphatic heterocycles.